The molecule has 3 aliphatic heterocycles. The lowest BCUT2D eigenvalue weighted by Crippen LogP contribution is -2.57. The van der Waals surface area contributed by atoms with Crippen LogP contribution in [0.1, 0.15) is 47.5 Å². The Balaban J connectivity index is 1.58. The van der Waals surface area contributed by atoms with Crippen molar-refractivity contribution < 1.29 is 14.2 Å². The minimum Gasteiger partial charge on any atom is -0.376 e. The van der Waals surface area contributed by atoms with Crippen molar-refractivity contribution in [2.75, 3.05) is 65.5 Å². The first-order valence-corrected chi connectivity index (χ1v) is 12.1. The third-order valence-corrected chi connectivity index (χ3v) is 6.71. The fourth-order valence-electron chi connectivity index (χ4n) is 5.46. The van der Waals surface area contributed by atoms with Gasteiger partial charge in [-0.15, -0.1) is 0 Å². The summed E-state index contributed by atoms with van der Waals surface area (Å²) in [5, 5.41) is 0. The molecule has 0 spiro atoms. The summed E-state index contributed by atoms with van der Waals surface area (Å²) in [5.74, 6) is 0. The number of hydrogen-bond acceptors (Lipinski definition) is 7. The molecule has 0 aliphatic carbocycles. The molecule has 3 heterocycles. The van der Waals surface area contributed by atoms with Crippen molar-refractivity contribution in [2.45, 2.75) is 83.5 Å². The van der Waals surface area contributed by atoms with Crippen molar-refractivity contribution in [3.63, 3.8) is 0 Å². The van der Waals surface area contributed by atoms with Gasteiger partial charge in [-0.1, -0.05) is 0 Å². The molecule has 0 radical (unpaired) electrons. The summed E-state index contributed by atoms with van der Waals surface area (Å²) >= 11 is 0. The third-order valence-electron chi connectivity index (χ3n) is 6.71. The second-order valence-electron chi connectivity index (χ2n) is 10.3. The van der Waals surface area contributed by atoms with Crippen LogP contribution in [0.5, 0.6) is 0 Å². The van der Waals surface area contributed by atoms with E-state index in [-0.39, 0.29) is 5.54 Å². The van der Waals surface area contributed by atoms with Crippen LogP contribution in [-0.4, -0.2) is 116 Å². The first kappa shape index (κ1) is 24.4. The normalized spacial score (nSPS) is 37.2. The molecule has 0 aromatic heterocycles. The summed E-state index contributed by atoms with van der Waals surface area (Å²) in [6.07, 6.45) is 3.55. The zero-order chi connectivity index (χ0) is 21.7. The van der Waals surface area contributed by atoms with Crippen LogP contribution in [0.4, 0.5) is 0 Å². The Hall–Kier alpha value is -0.280. The summed E-state index contributed by atoms with van der Waals surface area (Å²) in [6, 6.07) is 0. The first-order valence-electron chi connectivity index (χ1n) is 12.1. The molecule has 0 bridgehead atoms. The van der Waals surface area contributed by atoms with Crippen molar-refractivity contribution in [1.29, 1.82) is 0 Å². The highest BCUT2D eigenvalue weighted by atomic mass is 16.5. The van der Waals surface area contributed by atoms with E-state index in [2.05, 4.69) is 49.3 Å². The van der Waals surface area contributed by atoms with E-state index >= 15 is 0 Å². The molecule has 0 saturated carbocycles. The standard InChI is InChI=1S/C23H46N4O3/c1-18-12-27(10-11-28-18)17-23(24,6-8-25-13-19(2)29-20(3)14-25)7-9-26-15-21(4)30-22(5)16-26/h18-22H,6-17,24H2,1-5H3. The molecule has 7 heteroatoms. The Morgan fingerprint density at radius 3 is 1.57 bits per heavy atom. The van der Waals surface area contributed by atoms with Gasteiger partial charge < -0.3 is 19.9 Å². The van der Waals surface area contributed by atoms with Gasteiger partial charge in [0.1, 0.15) is 0 Å². The molecular weight excluding hydrogens is 380 g/mol. The Kier molecular flexibility index (Phi) is 8.96. The highest BCUT2D eigenvalue weighted by molar-refractivity contribution is 4.92. The molecule has 0 amide bonds. The number of hydrogen-bond donors (Lipinski definition) is 1. The molecule has 3 aliphatic rings. The largest absolute Gasteiger partial charge is 0.376 e. The highest BCUT2D eigenvalue weighted by Crippen LogP contribution is 2.21. The quantitative estimate of drug-likeness (QED) is 0.629. The predicted molar refractivity (Wildman–Crippen MR) is 121 cm³/mol. The van der Waals surface area contributed by atoms with Gasteiger partial charge in [-0.2, -0.15) is 0 Å². The Bertz CT molecular complexity index is 473. The minimum absolute atomic E-state index is 0.188. The Labute approximate surface area is 184 Å². The minimum atomic E-state index is -0.188. The topological polar surface area (TPSA) is 63.4 Å². The van der Waals surface area contributed by atoms with Gasteiger partial charge in [0.25, 0.3) is 0 Å². The van der Waals surface area contributed by atoms with Crippen molar-refractivity contribution in [2.24, 2.45) is 5.73 Å². The monoisotopic (exact) mass is 426 g/mol. The number of morpholine rings is 3. The van der Waals surface area contributed by atoms with E-state index in [1.165, 1.54) is 0 Å². The van der Waals surface area contributed by atoms with Gasteiger partial charge in [0.05, 0.1) is 37.1 Å². The Morgan fingerprint density at radius 1 is 0.700 bits per heavy atom. The average molecular weight is 427 g/mol. The molecule has 5 atom stereocenters. The number of ether oxygens (including phenoxy) is 3. The molecular formula is C23H46N4O3. The van der Waals surface area contributed by atoms with Gasteiger partial charge >= 0.3 is 0 Å². The van der Waals surface area contributed by atoms with Crippen molar-refractivity contribution in [1.82, 2.24) is 14.7 Å². The van der Waals surface area contributed by atoms with E-state index in [0.29, 0.717) is 30.5 Å². The molecule has 30 heavy (non-hydrogen) atoms. The van der Waals surface area contributed by atoms with Gasteiger partial charge in [0.2, 0.25) is 0 Å². The van der Waals surface area contributed by atoms with Gasteiger partial charge in [-0.3, -0.25) is 14.7 Å². The van der Waals surface area contributed by atoms with E-state index in [4.69, 9.17) is 19.9 Å². The lowest BCUT2D eigenvalue weighted by molar-refractivity contribution is -0.0739. The lowest BCUT2D eigenvalue weighted by Gasteiger charge is -2.43. The maximum atomic E-state index is 7.15. The lowest BCUT2D eigenvalue weighted by atomic mass is 9.90. The molecule has 0 aromatic rings. The van der Waals surface area contributed by atoms with Crippen LogP contribution in [0, 0.1) is 0 Å². The van der Waals surface area contributed by atoms with Crippen LogP contribution in [0.25, 0.3) is 0 Å². The van der Waals surface area contributed by atoms with Gasteiger partial charge in [0, 0.05) is 64.4 Å². The number of nitrogens with two attached hydrogens (primary N) is 1. The Morgan fingerprint density at radius 2 is 1.13 bits per heavy atom. The predicted octanol–water partition coefficient (Wildman–Crippen LogP) is 1.40. The van der Waals surface area contributed by atoms with Crippen molar-refractivity contribution in [3.05, 3.63) is 0 Å². The molecule has 2 N–H and O–H groups in total. The molecule has 7 nitrogen and oxygen atoms in total. The summed E-state index contributed by atoms with van der Waals surface area (Å²) < 4.78 is 17.6. The van der Waals surface area contributed by atoms with Crippen LogP contribution in [0.3, 0.4) is 0 Å². The third kappa shape index (κ3) is 7.69. The molecule has 5 unspecified atom stereocenters. The van der Waals surface area contributed by atoms with E-state index in [1.807, 2.05) is 0 Å². The molecule has 0 aromatic carbocycles. The van der Waals surface area contributed by atoms with Gasteiger partial charge in [0.15, 0.2) is 0 Å². The average Bonchev–Trinajstić information content (AvgIpc) is 2.64. The van der Waals surface area contributed by atoms with Crippen molar-refractivity contribution >= 4 is 0 Å². The van der Waals surface area contributed by atoms with Crippen LogP contribution < -0.4 is 5.73 Å². The summed E-state index contributed by atoms with van der Waals surface area (Å²) in [6.45, 7) is 20.7. The summed E-state index contributed by atoms with van der Waals surface area (Å²) in [5.41, 5.74) is 6.96. The zero-order valence-corrected chi connectivity index (χ0v) is 20.0. The van der Waals surface area contributed by atoms with E-state index in [0.717, 1.165) is 78.4 Å². The van der Waals surface area contributed by atoms with Crippen LogP contribution in [0.2, 0.25) is 0 Å². The fraction of sp³-hybridized carbons (Fsp3) is 1.00. The zero-order valence-electron chi connectivity index (χ0n) is 20.0. The van der Waals surface area contributed by atoms with E-state index < -0.39 is 0 Å². The van der Waals surface area contributed by atoms with Crippen LogP contribution >= 0.6 is 0 Å². The maximum Gasteiger partial charge on any atom is 0.0678 e. The molecule has 176 valence electrons. The van der Waals surface area contributed by atoms with Crippen LogP contribution in [-0.2, 0) is 14.2 Å². The highest BCUT2D eigenvalue weighted by Gasteiger charge is 2.33. The summed E-state index contributed by atoms with van der Waals surface area (Å²) in [7, 11) is 0. The van der Waals surface area contributed by atoms with E-state index in [9.17, 15) is 0 Å². The van der Waals surface area contributed by atoms with Crippen LogP contribution in [0.15, 0.2) is 0 Å². The second kappa shape index (κ2) is 11.0. The molecule has 3 rings (SSSR count). The smallest absolute Gasteiger partial charge is 0.0678 e. The number of nitrogens with zero attached hydrogens (tertiary/aromatic N) is 3. The van der Waals surface area contributed by atoms with E-state index in [1.54, 1.807) is 0 Å². The maximum absolute atomic E-state index is 7.15. The van der Waals surface area contributed by atoms with Gasteiger partial charge in [-0.25, -0.2) is 0 Å². The molecule has 3 fully saturated rings. The fourth-order valence-corrected chi connectivity index (χ4v) is 5.46. The molecule has 3 saturated heterocycles. The van der Waals surface area contributed by atoms with Gasteiger partial charge in [-0.05, 0) is 47.5 Å². The summed E-state index contributed by atoms with van der Waals surface area (Å²) in [4.78, 5) is 7.60. The van der Waals surface area contributed by atoms with Crippen molar-refractivity contribution in [3.8, 4) is 0 Å². The SMILES string of the molecule is CC1CN(CC(N)(CCN2CC(C)OC(C)C2)CCN2CC(C)OC(C)C2)CCO1. The number of rotatable bonds is 8. The second-order valence-corrected chi connectivity index (χ2v) is 10.3. The first-order chi connectivity index (χ1) is 14.2.